The fraction of sp³-hybridized carbons (Fsp3) is 0. The first kappa shape index (κ1) is 8.50. The van der Waals surface area contributed by atoms with E-state index in [2.05, 4.69) is 4.98 Å². The van der Waals surface area contributed by atoms with Crippen molar-refractivity contribution in [3.8, 4) is 0 Å². The number of nitrogens with two attached hydrogens (primary N) is 1. The van der Waals surface area contributed by atoms with Crippen molar-refractivity contribution in [2.75, 3.05) is 5.73 Å². The van der Waals surface area contributed by atoms with Crippen molar-refractivity contribution < 1.29 is 9.90 Å². The molecule has 0 spiro atoms. The highest BCUT2D eigenvalue weighted by molar-refractivity contribution is 6.05. The minimum Gasteiger partial charge on any atom is -0.478 e. The summed E-state index contributed by atoms with van der Waals surface area (Å²) in [6, 6.07) is 6.43. The van der Waals surface area contributed by atoms with Crippen molar-refractivity contribution in [1.29, 1.82) is 0 Å². The van der Waals surface area contributed by atoms with Crippen LogP contribution >= 0.6 is 0 Å². The van der Waals surface area contributed by atoms with Gasteiger partial charge in [0, 0.05) is 11.6 Å². The molecule has 0 radical (unpaired) electrons. The summed E-state index contributed by atoms with van der Waals surface area (Å²) in [6.07, 6.45) is 1.59. The van der Waals surface area contributed by atoms with Crippen LogP contribution in [0.25, 0.3) is 10.9 Å². The van der Waals surface area contributed by atoms with Crippen molar-refractivity contribution in [3.05, 3.63) is 36.0 Å². The lowest BCUT2D eigenvalue weighted by molar-refractivity contribution is 0.0699. The number of benzene rings is 1. The first-order chi connectivity index (χ1) is 6.70. The minimum atomic E-state index is -0.969. The third kappa shape index (κ3) is 1.17. The maximum Gasteiger partial charge on any atom is 0.336 e. The van der Waals surface area contributed by atoms with Crippen molar-refractivity contribution in [1.82, 2.24) is 4.98 Å². The van der Waals surface area contributed by atoms with Gasteiger partial charge in [-0.3, -0.25) is 4.98 Å². The molecule has 0 saturated heterocycles. The molecule has 0 aliphatic rings. The molecule has 4 nitrogen and oxygen atoms in total. The van der Waals surface area contributed by atoms with Crippen LogP contribution in [-0.2, 0) is 0 Å². The number of carboxylic acid groups (broad SMARTS) is 1. The number of hydrogen-bond donors (Lipinski definition) is 2. The van der Waals surface area contributed by atoms with E-state index in [1.165, 1.54) is 6.07 Å². The number of fused-ring (bicyclic) bond motifs is 1. The third-order valence-corrected chi connectivity index (χ3v) is 2.03. The maximum atomic E-state index is 10.9. The lowest BCUT2D eigenvalue weighted by Gasteiger charge is -2.03. The lowest BCUT2D eigenvalue weighted by Crippen LogP contribution is -1.99. The maximum absolute atomic E-state index is 10.9. The molecule has 0 saturated carbocycles. The Labute approximate surface area is 80.0 Å². The van der Waals surface area contributed by atoms with Crippen LogP contribution in [0, 0.1) is 0 Å². The number of aromatic nitrogens is 1. The van der Waals surface area contributed by atoms with Crippen molar-refractivity contribution in [3.63, 3.8) is 0 Å². The van der Waals surface area contributed by atoms with Gasteiger partial charge >= 0.3 is 5.97 Å². The summed E-state index contributed by atoms with van der Waals surface area (Å²) in [4.78, 5) is 14.9. The van der Waals surface area contributed by atoms with Gasteiger partial charge in [0.05, 0.1) is 16.8 Å². The molecule has 0 atom stereocenters. The molecule has 3 N–H and O–H groups in total. The molecule has 14 heavy (non-hydrogen) atoms. The van der Waals surface area contributed by atoms with Crippen LogP contribution in [0.5, 0.6) is 0 Å². The molecule has 0 aliphatic carbocycles. The fourth-order valence-corrected chi connectivity index (χ4v) is 1.38. The van der Waals surface area contributed by atoms with E-state index in [9.17, 15) is 4.79 Å². The number of nitrogens with zero attached hydrogens (tertiary/aromatic N) is 1. The van der Waals surface area contributed by atoms with E-state index in [0.29, 0.717) is 16.6 Å². The Balaban J connectivity index is 2.88. The molecule has 0 unspecified atom stereocenters. The van der Waals surface area contributed by atoms with Crippen LogP contribution in [0.4, 0.5) is 5.69 Å². The largest absolute Gasteiger partial charge is 0.478 e. The van der Waals surface area contributed by atoms with E-state index in [1.807, 2.05) is 0 Å². The second-order valence-electron chi connectivity index (χ2n) is 2.91. The molecule has 4 heteroatoms. The summed E-state index contributed by atoms with van der Waals surface area (Å²) in [5.74, 6) is -0.969. The third-order valence-electron chi connectivity index (χ3n) is 2.03. The Morgan fingerprint density at radius 2 is 2.14 bits per heavy atom. The molecule has 2 aromatic rings. The summed E-state index contributed by atoms with van der Waals surface area (Å²) in [6.45, 7) is 0. The highest BCUT2D eigenvalue weighted by Gasteiger charge is 2.09. The predicted octanol–water partition coefficient (Wildman–Crippen LogP) is 1.52. The Morgan fingerprint density at radius 3 is 2.86 bits per heavy atom. The number of hydrogen-bond acceptors (Lipinski definition) is 3. The van der Waals surface area contributed by atoms with Crippen LogP contribution in [0.3, 0.4) is 0 Å². The van der Waals surface area contributed by atoms with Crippen LogP contribution in [0.2, 0.25) is 0 Å². The van der Waals surface area contributed by atoms with Crippen molar-refractivity contribution in [2.24, 2.45) is 0 Å². The molecule has 1 aromatic heterocycles. The number of pyridine rings is 1. The van der Waals surface area contributed by atoms with E-state index < -0.39 is 5.97 Å². The topological polar surface area (TPSA) is 76.2 Å². The first-order valence-corrected chi connectivity index (χ1v) is 4.06. The summed E-state index contributed by atoms with van der Waals surface area (Å²) in [5.41, 5.74) is 6.92. The number of carboxylic acids is 1. The summed E-state index contributed by atoms with van der Waals surface area (Å²) < 4.78 is 0. The highest BCUT2D eigenvalue weighted by atomic mass is 16.4. The predicted molar refractivity (Wildman–Crippen MR) is 53.1 cm³/mol. The molecular weight excluding hydrogens is 180 g/mol. The molecule has 0 fully saturated rings. The Bertz CT molecular complexity index is 508. The molecule has 1 heterocycles. The van der Waals surface area contributed by atoms with Gasteiger partial charge < -0.3 is 10.8 Å². The SMILES string of the molecule is Nc1ccc(C(=O)O)c2cccnc12. The van der Waals surface area contributed by atoms with Gasteiger partial charge in [0.2, 0.25) is 0 Å². The lowest BCUT2D eigenvalue weighted by atomic mass is 10.1. The molecule has 0 aliphatic heterocycles. The summed E-state index contributed by atoms with van der Waals surface area (Å²) in [7, 11) is 0. The Kier molecular flexibility index (Phi) is 1.81. The molecule has 70 valence electrons. The first-order valence-electron chi connectivity index (χ1n) is 4.06. The number of nitrogen functional groups attached to an aromatic ring is 1. The van der Waals surface area contributed by atoms with Gasteiger partial charge in [0.15, 0.2) is 0 Å². The van der Waals surface area contributed by atoms with E-state index >= 15 is 0 Å². The fourth-order valence-electron chi connectivity index (χ4n) is 1.38. The normalized spacial score (nSPS) is 10.3. The van der Waals surface area contributed by atoms with Crippen LogP contribution in [0.15, 0.2) is 30.5 Å². The van der Waals surface area contributed by atoms with Gasteiger partial charge in [-0.1, -0.05) is 6.07 Å². The van der Waals surface area contributed by atoms with Gasteiger partial charge in [0.1, 0.15) is 0 Å². The number of aromatic carboxylic acids is 1. The van der Waals surface area contributed by atoms with Crippen LogP contribution in [0.1, 0.15) is 10.4 Å². The highest BCUT2D eigenvalue weighted by Crippen LogP contribution is 2.22. The minimum absolute atomic E-state index is 0.224. The molecule has 1 aromatic carbocycles. The van der Waals surface area contributed by atoms with Gasteiger partial charge in [-0.25, -0.2) is 4.79 Å². The zero-order valence-electron chi connectivity index (χ0n) is 7.27. The number of anilines is 1. The van der Waals surface area contributed by atoms with Gasteiger partial charge in [0.25, 0.3) is 0 Å². The van der Waals surface area contributed by atoms with Crippen LogP contribution in [-0.4, -0.2) is 16.1 Å². The molecule has 2 rings (SSSR count). The Morgan fingerprint density at radius 1 is 1.36 bits per heavy atom. The zero-order valence-corrected chi connectivity index (χ0v) is 7.27. The summed E-state index contributed by atoms with van der Waals surface area (Å²) >= 11 is 0. The summed E-state index contributed by atoms with van der Waals surface area (Å²) in [5, 5.41) is 9.47. The van der Waals surface area contributed by atoms with Crippen molar-refractivity contribution in [2.45, 2.75) is 0 Å². The van der Waals surface area contributed by atoms with Gasteiger partial charge in [-0.05, 0) is 18.2 Å². The number of rotatable bonds is 1. The van der Waals surface area contributed by atoms with E-state index in [0.717, 1.165) is 0 Å². The average Bonchev–Trinajstić information content (AvgIpc) is 2.18. The Hall–Kier alpha value is -2.10. The quantitative estimate of drug-likeness (QED) is 0.665. The molecular formula is C10H8N2O2. The van der Waals surface area contributed by atoms with Gasteiger partial charge in [-0.2, -0.15) is 0 Å². The smallest absolute Gasteiger partial charge is 0.336 e. The molecule has 0 amide bonds. The second kappa shape index (κ2) is 2.99. The molecule has 0 bridgehead atoms. The van der Waals surface area contributed by atoms with E-state index in [-0.39, 0.29) is 5.56 Å². The second-order valence-corrected chi connectivity index (χ2v) is 2.91. The zero-order chi connectivity index (χ0) is 10.1. The van der Waals surface area contributed by atoms with Crippen LogP contribution < -0.4 is 5.73 Å². The standard InChI is InChI=1S/C10H8N2O2/c11-8-4-3-7(10(13)14)6-2-1-5-12-9(6)8/h1-5H,11H2,(H,13,14). The van der Waals surface area contributed by atoms with Crippen molar-refractivity contribution >= 4 is 22.6 Å². The van der Waals surface area contributed by atoms with Gasteiger partial charge in [-0.15, -0.1) is 0 Å². The number of carbonyl (C=O) groups is 1. The van der Waals surface area contributed by atoms with E-state index in [4.69, 9.17) is 10.8 Å². The average molecular weight is 188 g/mol. The monoisotopic (exact) mass is 188 g/mol. The van der Waals surface area contributed by atoms with E-state index in [1.54, 1.807) is 24.4 Å².